The van der Waals surface area contributed by atoms with Gasteiger partial charge in [-0.1, -0.05) is 0 Å². The van der Waals surface area contributed by atoms with Gasteiger partial charge >= 0.3 is 83.7 Å². The molecule has 4 heteroatoms. The molecular weight excluding hydrogens is 192 g/mol. The third-order valence-electron chi connectivity index (χ3n) is 0.803. The van der Waals surface area contributed by atoms with Crippen molar-refractivity contribution in [3.8, 4) is 0 Å². The van der Waals surface area contributed by atoms with E-state index in [0.717, 1.165) is 4.73 Å². The predicted octanol–water partition coefficient (Wildman–Crippen LogP) is -2.46. The smallest absolute Gasteiger partial charge is 1.00 e. The molecule has 0 aliphatic rings. The van der Waals surface area contributed by atoms with Crippen molar-refractivity contribution >= 4 is 15.6 Å². The van der Waals surface area contributed by atoms with E-state index < -0.39 is 0 Å². The summed E-state index contributed by atoms with van der Waals surface area (Å²) in [5.74, 6) is 0. The van der Waals surface area contributed by atoms with Crippen LogP contribution in [0.1, 0.15) is 1.43 Å². The number of nitrogens with zero attached hydrogens (tertiary/aromatic N) is 1. The van der Waals surface area contributed by atoms with Crippen molar-refractivity contribution in [1.82, 2.24) is 4.73 Å². The van der Waals surface area contributed by atoms with E-state index in [1.54, 1.807) is 18.3 Å². The van der Waals surface area contributed by atoms with Crippen LogP contribution < -0.4 is 29.6 Å². The molecule has 0 spiro atoms. The summed E-state index contributed by atoms with van der Waals surface area (Å²) < 4.78 is 1.74. The molecule has 1 heterocycles. The summed E-state index contributed by atoms with van der Waals surface area (Å²) in [5.41, 5.74) is 0. The second-order valence-corrected chi connectivity index (χ2v) is 2.26. The van der Waals surface area contributed by atoms with Gasteiger partial charge in [-0.3, -0.25) is 0 Å². The maximum absolute atomic E-state index is 8.80. The van der Waals surface area contributed by atoms with Gasteiger partial charge in [0.25, 0.3) is 0 Å². The topological polar surface area (TPSA) is 25.2 Å². The van der Waals surface area contributed by atoms with E-state index in [9.17, 15) is 0 Å². The molecule has 44 valence electrons. The molecule has 0 aromatic carbocycles. The molecule has 0 bridgehead atoms. The fourth-order valence-corrected chi connectivity index (χ4v) is 0.711. The van der Waals surface area contributed by atoms with Gasteiger partial charge < -0.3 is 1.43 Å². The zero-order valence-corrected chi connectivity index (χ0v) is 8.83. The third kappa shape index (κ3) is 2.69. The SMILES string of the molecule is On1ccccc1=[Se].[H-].[Na+]. The summed E-state index contributed by atoms with van der Waals surface area (Å²) in [6.07, 6.45) is 1.56. The van der Waals surface area contributed by atoms with Crippen LogP contribution in [-0.4, -0.2) is 25.5 Å². The number of pyridine rings is 1. The van der Waals surface area contributed by atoms with Gasteiger partial charge in [0, 0.05) is 0 Å². The summed E-state index contributed by atoms with van der Waals surface area (Å²) >= 11 is 2.68. The molecule has 0 saturated heterocycles. The van der Waals surface area contributed by atoms with E-state index in [4.69, 9.17) is 5.21 Å². The zero-order valence-electron chi connectivity index (χ0n) is 6.11. The van der Waals surface area contributed by atoms with E-state index in [1.807, 2.05) is 6.07 Å². The zero-order chi connectivity index (χ0) is 5.98. The Bertz CT molecular complexity index is 239. The molecule has 0 amide bonds. The maximum atomic E-state index is 8.80. The molecule has 0 aliphatic carbocycles. The summed E-state index contributed by atoms with van der Waals surface area (Å²) in [5, 5.41) is 8.80. The Hall–Kier alpha value is 0.469. The molecule has 1 aromatic heterocycles. The molecule has 0 unspecified atom stereocenters. The second-order valence-electron chi connectivity index (χ2n) is 1.38. The Balaban J connectivity index is 0. The Morgan fingerprint density at radius 1 is 1.56 bits per heavy atom. The van der Waals surface area contributed by atoms with E-state index in [1.165, 1.54) is 0 Å². The average Bonchev–Trinajstić information content (AvgIpc) is 1.77. The molecule has 9 heavy (non-hydrogen) atoms. The third-order valence-corrected chi connectivity index (χ3v) is 1.48. The quantitative estimate of drug-likeness (QED) is 0.363. The van der Waals surface area contributed by atoms with Crippen LogP contribution in [-0.2, 0) is 0 Å². The number of hydrogen-bond acceptors (Lipinski definition) is 1. The molecule has 0 radical (unpaired) electrons. The van der Waals surface area contributed by atoms with Gasteiger partial charge in [0.15, 0.2) is 0 Å². The Labute approximate surface area is 84.6 Å². The van der Waals surface area contributed by atoms with Gasteiger partial charge in [0.05, 0.1) is 0 Å². The van der Waals surface area contributed by atoms with Crippen LogP contribution in [0.4, 0.5) is 0 Å². The second kappa shape index (κ2) is 4.31. The first-order valence-corrected chi connectivity index (χ1v) is 3.03. The summed E-state index contributed by atoms with van der Waals surface area (Å²) in [4.78, 5) is 0. The fraction of sp³-hybridized carbons (Fsp3) is 0. The largest absolute Gasteiger partial charge is 1.00 e. The number of rotatable bonds is 0. The molecule has 0 aliphatic heterocycles. The standard InChI is InChI=1S/C5H5NOSe.Na.H/c7-6-4-2-1-3-5(6)8;;/h1-4,7H;;/q;+1;-1. The van der Waals surface area contributed by atoms with Crippen molar-refractivity contribution in [2.45, 2.75) is 0 Å². The van der Waals surface area contributed by atoms with Crippen LogP contribution >= 0.6 is 0 Å². The first kappa shape index (κ1) is 9.47. The predicted molar refractivity (Wildman–Crippen MR) is 31.7 cm³/mol. The molecule has 0 fully saturated rings. The monoisotopic (exact) mass is 199 g/mol. The Kier molecular flexibility index (Phi) is 4.54. The van der Waals surface area contributed by atoms with E-state index in [0.29, 0.717) is 4.19 Å². The Morgan fingerprint density at radius 3 is 2.56 bits per heavy atom. The van der Waals surface area contributed by atoms with Crippen molar-refractivity contribution in [3.63, 3.8) is 0 Å². The van der Waals surface area contributed by atoms with E-state index >= 15 is 0 Å². The molecule has 1 aromatic rings. The molecule has 2 nitrogen and oxygen atoms in total. The van der Waals surface area contributed by atoms with Gasteiger partial charge in [-0.15, -0.1) is 0 Å². The normalized spacial score (nSPS) is 8.00. The first-order valence-electron chi connectivity index (χ1n) is 2.17. The van der Waals surface area contributed by atoms with Gasteiger partial charge in [-0.2, -0.15) is 0 Å². The van der Waals surface area contributed by atoms with Crippen LogP contribution in [0.5, 0.6) is 0 Å². The number of aromatic nitrogens is 1. The van der Waals surface area contributed by atoms with Crippen LogP contribution in [0.3, 0.4) is 0 Å². The van der Waals surface area contributed by atoms with Crippen LogP contribution in [0.25, 0.3) is 0 Å². The van der Waals surface area contributed by atoms with Crippen LogP contribution in [0.2, 0.25) is 0 Å². The fourth-order valence-electron chi connectivity index (χ4n) is 0.419. The van der Waals surface area contributed by atoms with Gasteiger partial charge in [-0.05, 0) is 0 Å². The molecule has 1 N–H and O–H groups in total. The molecule has 1 rings (SSSR count). The minimum atomic E-state index is 0. The molecule has 0 saturated carbocycles. The van der Waals surface area contributed by atoms with Crippen LogP contribution in [0.15, 0.2) is 24.4 Å². The van der Waals surface area contributed by atoms with Crippen molar-refractivity contribution in [3.05, 3.63) is 28.6 Å². The summed E-state index contributed by atoms with van der Waals surface area (Å²) in [6, 6.07) is 5.37. The van der Waals surface area contributed by atoms with Crippen molar-refractivity contribution in [1.29, 1.82) is 0 Å². The van der Waals surface area contributed by atoms with Gasteiger partial charge in [-0.25, -0.2) is 0 Å². The van der Waals surface area contributed by atoms with Crippen molar-refractivity contribution in [2.24, 2.45) is 0 Å². The number of hydrogen-bond donors (Lipinski definition) is 1. The summed E-state index contributed by atoms with van der Waals surface area (Å²) in [6.45, 7) is 0. The summed E-state index contributed by atoms with van der Waals surface area (Å²) in [7, 11) is 0. The van der Waals surface area contributed by atoms with E-state index in [2.05, 4.69) is 15.6 Å². The minimum Gasteiger partial charge on any atom is -1.00 e. The average molecular weight is 198 g/mol. The Morgan fingerprint density at radius 2 is 2.22 bits per heavy atom. The molecular formula is C5H6NNaOSe. The van der Waals surface area contributed by atoms with Gasteiger partial charge in [0.1, 0.15) is 0 Å². The van der Waals surface area contributed by atoms with Crippen molar-refractivity contribution < 1.29 is 36.2 Å². The minimum absolute atomic E-state index is 0. The van der Waals surface area contributed by atoms with Gasteiger partial charge in [0.2, 0.25) is 0 Å². The van der Waals surface area contributed by atoms with Crippen LogP contribution in [0, 0.1) is 4.19 Å². The maximum Gasteiger partial charge on any atom is 1.00 e. The molecule has 0 atom stereocenters. The van der Waals surface area contributed by atoms with E-state index in [-0.39, 0.29) is 31.0 Å². The first-order chi connectivity index (χ1) is 3.80. The van der Waals surface area contributed by atoms with Crippen molar-refractivity contribution in [2.75, 3.05) is 0 Å².